The van der Waals surface area contributed by atoms with Gasteiger partial charge in [0.15, 0.2) is 0 Å². The van der Waals surface area contributed by atoms with E-state index in [1.54, 1.807) is 0 Å². The summed E-state index contributed by atoms with van der Waals surface area (Å²) in [4.78, 5) is 2.50. The Morgan fingerprint density at radius 3 is 3.05 bits per heavy atom. The lowest BCUT2D eigenvalue weighted by atomic mass is 9.57. The van der Waals surface area contributed by atoms with E-state index in [4.69, 9.17) is 0 Å². The Morgan fingerprint density at radius 1 is 1.41 bits per heavy atom. The molecular weight excluding hydrogens is 272 g/mol. The lowest BCUT2D eigenvalue weighted by Crippen LogP contribution is -2.66. The van der Waals surface area contributed by atoms with Crippen molar-refractivity contribution in [3.05, 3.63) is 53.6 Å². The zero-order valence-corrected chi connectivity index (χ0v) is 12.9. The number of rotatable bonds is 0. The molecule has 2 N–H and O–H groups in total. The first kappa shape index (κ1) is 12.9. The van der Waals surface area contributed by atoms with Crippen LogP contribution < -0.4 is 5.32 Å². The summed E-state index contributed by atoms with van der Waals surface area (Å²) in [6.45, 7) is 8.57. The molecule has 1 aromatic carbocycles. The van der Waals surface area contributed by atoms with E-state index in [9.17, 15) is 5.11 Å². The number of aliphatic hydroxyl groups excluding tert-OH is 1. The van der Waals surface area contributed by atoms with Gasteiger partial charge >= 0.3 is 0 Å². The average Bonchev–Trinajstić information content (AvgIpc) is 3.08. The number of hydrogen-bond donors (Lipinski definition) is 2. The number of para-hydroxylation sites is 1. The first-order valence-electron chi connectivity index (χ1n) is 8.30. The van der Waals surface area contributed by atoms with Gasteiger partial charge in [-0.2, -0.15) is 0 Å². The molecule has 5 rings (SSSR count). The Labute approximate surface area is 131 Å². The minimum atomic E-state index is -0.334. The van der Waals surface area contributed by atoms with Gasteiger partial charge in [0.2, 0.25) is 0 Å². The summed E-state index contributed by atoms with van der Waals surface area (Å²) >= 11 is 0. The van der Waals surface area contributed by atoms with Crippen LogP contribution in [-0.2, 0) is 5.41 Å². The molecule has 3 heteroatoms. The molecule has 3 fully saturated rings. The third-order valence-electron chi connectivity index (χ3n) is 6.57. The fraction of sp³-hybridized carbons (Fsp3) is 0.474. The molecule has 5 atom stereocenters. The van der Waals surface area contributed by atoms with Gasteiger partial charge in [0.1, 0.15) is 0 Å². The van der Waals surface area contributed by atoms with Crippen molar-refractivity contribution < 1.29 is 5.11 Å². The molecule has 3 nitrogen and oxygen atoms in total. The first-order valence-corrected chi connectivity index (χ1v) is 8.30. The van der Waals surface area contributed by atoms with Crippen LogP contribution in [0.2, 0.25) is 0 Å². The van der Waals surface area contributed by atoms with E-state index in [-0.39, 0.29) is 29.5 Å². The molecular formula is C19H22N2O. The zero-order valence-electron chi connectivity index (χ0n) is 12.9. The molecule has 1 spiro atoms. The van der Waals surface area contributed by atoms with Crippen LogP contribution in [-0.4, -0.2) is 41.3 Å². The Bertz CT molecular complexity index is 709. The molecule has 0 aromatic heterocycles. The van der Waals surface area contributed by atoms with Gasteiger partial charge < -0.3 is 10.4 Å². The van der Waals surface area contributed by atoms with Gasteiger partial charge in [-0.1, -0.05) is 36.4 Å². The molecule has 1 aromatic rings. The molecule has 114 valence electrons. The second-order valence-electron chi connectivity index (χ2n) is 7.24. The van der Waals surface area contributed by atoms with Crippen molar-refractivity contribution in [2.75, 3.05) is 18.4 Å². The monoisotopic (exact) mass is 294 g/mol. The SMILES string of the molecule is C=C1C2/C(=C/C)CN3CCC4(c5ccccc5NC14)C3C2O. The maximum atomic E-state index is 11.1. The van der Waals surface area contributed by atoms with Crippen LogP contribution in [0.5, 0.6) is 0 Å². The molecule has 22 heavy (non-hydrogen) atoms. The van der Waals surface area contributed by atoms with Gasteiger partial charge in [-0.3, -0.25) is 4.90 Å². The summed E-state index contributed by atoms with van der Waals surface area (Å²) in [6.07, 6.45) is 2.95. The summed E-state index contributed by atoms with van der Waals surface area (Å²) < 4.78 is 0. The Morgan fingerprint density at radius 2 is 2.23 bits per heavy atom. The molecule has 3 aliphatic heterocycles. The van der Waals surface area contributed by atoms with E-state index < -0.39 is 0 Å². The summed E-state index contributed by atoms with van der Waals surface area (Å²) in [5.41, 5.74) is 5.13. The molecule has 5 unspecified atom stereocenters. The molecule has 1 saturated carbocycles. The third kappa shape index (κ3) is 1.23. The number of allylic oxidation sites excluding steroid dienone is 1. The van der Waals surface area contributed by atoms with E-state index in [1.165, 1.54) is 22.4 Å². The largest absolute Gasteiger partial charge is 0.390 e. The summed E-state index contributed by atoms with van der Waals surface area (Å²) in [7, 11) is 0. The van der Waals surface area contributed by atoms with Crippen LogP contribution in [0.25, 0.3) is 0 Å². The van der Waals surface area contributed by atoms with Gasteiger partial charge in [0.25, 0.3) is 0 Å². The normalized spacial score (nSPS) is 43.9. The minimum absolute atomic E-state index is 0.00284. The Balaban J connectivity index is 1.76. The van der Waals surface area contributed by atoms with Crippen molar-refractivity contribution in [3.8, 4) is 0 Å². The minimum Gasteiger partial charge on any atom is -0.390 e. The lowest BCUT2D eigenvalue weighted by molar-refractivity contribution is -0.0179. The molecule has 4 aliphatic rings. The fourth-order valence-corrected chi connectivity index (χ4v) is 5.77. The van der Waals surface area contributed by atoms with E-state index >= 15 is 0 Å². The van der Waals surface area contributed by atoms with Crippen LogP contribution >= 0.6 is 0 Å². The standard InChI is InChI=1S/C19H22N2O/c1-3-12-10-21-9-8-19-13-6-4-5-7-14(13)20-17(19)11(2)15(12)16(22)18(19)21/h3-7,15-18,20,22H,2,8-10H2,1H3/b12-3+. The maximum Gasteiger partial charge on any atom is 0.0808 e. The van der Waals surface area contributed by atoms with Crippen molar-refractivity contribution in [1.29, 1.82) is 0 Å². The molecule has 0 radical (unpaired) electrons. The number of anilines is 1. The highest BCUT2D eigenvalue weighted by molar-refractivity contribution is 5.68. The van der Waals surface area contributed by atoms with Crippen LogP contribution in [0.3, 0.4) is 0 Å². The number of fused-ring (bicyclic) bond motifs is 2. The van der Waals surface area contributed by atoms with E-state index in [0.29, 0.717) is 0 Å². The number of nitrogens with one attached hydrogen (secondary N) is 1. The van der Waals surface area contributed by atoms with Gasteiger partial charge in [0.05, 0.1) is 12.1 Å². The highest BCUT2D eigenvalue weighted by atomic mass is 16.3. The molecule has 1 aliphatic carbocycles. The molecule has 2 saturated heterocycles. The maximum absolute atomic E-state index is 11.1. The number of aliphatic hydroxyl groups is 1. The number of piperidine rings is 1. The number of nitrogens with zero attached hydrogens (tertiary/aromatic N) is 1. The van der Waals surface area contributed by atoms with Crippen molar-refractivity contribution >= 4 is 5.69 Å². The molecule has 2 bridgehead atoms. The van der Waals surface area contributed by atoms with E-state index in [0.717, 1.165) is 19.5 Å². The molecule has 3 heterocycles. The average molecular weight is 294 g/mol. The second-order valence-corrected chi connectivity index (χ2v) is 7.24. The number of hydrogen-bond acceptors (Lipinski definition) is 3. The third-order valence-corrected chi connectivity index (χ3v) is 6.57. The first-order chi connectivity index (χ1) is 10.7. The van der Waals surface area contributed by atoms with Crippen molar-refractivity contribution in [3.63, 3.8) is 0 Å². The highest BCUT2D eigenvalue weighted by Crippen LogP contribution is 2.60. The van der Waals surface area contributed by atoms with Gasteiger partial charge in [-0.05, 0) is 37.1 Å². The van der Waals surface area contributed by atoms with Gasteiger partial charge in [-0.15, -0.1) is 0 Å². The van der Waals surface area contributed by atoms with E-state index in [2.05, 4.69) is 54.1 Å². The zero-order chi connectivity index (χ0) is 15.1. The summed E-state index contributed by atoms with van der Waals surface area (Å²) in [5, 5.41) is 14.9. The van der Waals surface area contributed by atoms with Crippen LogP contribution in [0, 0.1) is 5.92 Å². The van der Waals surface area contributed by atoms with E-state index in [1.807, 2.05) is 0 Å². The lowest BCUT2D eigenvalue weighted by Gasteiger charge is -2.55. The highest BCUT2D eigenvalue weighted by Gasteiger charge is 2.66. The number of benzene rings is 1. The van der Waals surface area contributed by atoms with Crippen LogP contribution in [0.4, 0.5) is 5.69 Å². The Hall–Kier alpha value is -1.58. The van der Waals surface area contributed by atoms with Crippen LogP contribution in [0.15, 0.2) is 48.1 Å². The summed E-state index contributed by atoms with van der Waals surface area (Å²) in [5.74, 6) is 0.115. The van der Waals surface area contributed by atoms with Crippen LogP contribution in [0.1, 0.15) is 18.9 Å². The fourth-order valence-electron chi connectivity index (χ4n) is 5.77. The predicted molar refractivity (Wildman–Crippen MR) is 87.9 cm³/mol. The Kier molecular flexibility index (Phi) is 2.37. The van der Waals surface area contributed by atoms with Gasteiger partial charge in [0, 0.05) is 29.6 Å². The predicted octanol–water partition coefficient (Wildman–Crippen LogP) is 2.30. The quantitative estimate of drug-likeness (QED) is 0.721. The molecule has 0 amide bonds. The van der Waals surface area contributed by atoms with Crippen molar-refractivity contribution in [2.24, 2.45) is 5.92 Å². The van der Waals surface area contributed by atoms with Crippen molar-refractivity contribution in [1.82, 2.24) is 4.90 Å². The van der Waals surface area contributed by atoms with Gasteiger partial charge in [-0.25, -0.2) is 0 Å². The van der Waals surface area contributed by atoms with Crippen molar-refractivity contribution in [2.45, 2.75) is 36.9 Å². The summed E-state index contributed by atoms with van der Waals surface area (Å²) in [6, 6.07) is 9.11. The second kappa shape index (κ2) is 4.03. The topological polar surface area (TPSA) is 35.5 Å². The smallest absolute Gasteiger partial charge is 0.0808 e.